The van der Waals surface area contributed by atoms with E-state index >= 15 is 0 Å². The second kappa shape index (κ2) is 7.15. The molecule has 0 aliphatic rings. The maximum absolute atomic E-state index is 13.0. The average Bonchev–Trinajstić information content (AvgIpc) is 3.19. The Balaban J connectivity index is 1.89. The average molecular weight is 390 g/mol. The summed E-state index contributed by atoms with van der Waals surface area (Å²) in [4.78, 5) is 16.0. The van der Waals surface area contributed by atoms with Crippen LogP contribution in [0.1, 0.15) is 26.6 Å². The highest BCUT2D eigenvalue weighted by Gasteiger charge is 2.20. The number of amides is 1. The van der Waals surface area contributed by atoms with E-state index in [1.54, 1.807) is 17.6 Å². The molecular formula is C18H16BrNO2S. The predicted molar refractivity (Wildman–Crippen MR) is 95.5 cm³/mol. The Bertz CT molecular complexity index is 795. The number of halogens is 1. The van der Waals surface area contributed by atoms with Gasteiger partial charge in [0, 0.05) is 9.35 Å². The van der Waals surface area contributed by atoms with E-state index in [0.717, 1.165) is 10.2 Å². The SMILES string of the molecule is Cc1ccsc1CN(Cc1ccco1)C(=O)c1ccccc1Br. The van der Waals surface area contributed by atoms with Crippen LogP contribution in [0.2, 0.25) is 0 Å². The van der Waals surface area contributed by atoms with Crippen LogP contribution in [0, 0.1) is 6.92 Å². The molecule has 0 saturated heterocycles. The molecule has 1 amide bonds. The summed E-state index contributed by atoms with van der Waals surface area (Å²) in [5, 5.41) is 2.05. The van der Waals surface area contributed by atoms with Crippen molar-refractivity contribution in [1.29, 1.82) is 0 Å². The normalized spacial score (nSPS) is 10.7. The van der Waals surface area contributed by atoms with Gasteiger partial charge in [0.15, 0.2) is 0 Å². The van der Waals surface area contributed by atoms with Crippen LogP contribution in [0.25, 0.3) is 0 Å². The smallest absolute Gasteiger partial charge is 0.255 e. The summed E-state index contributed by atoms with van der Waals surface area (Å²) in [5.74, 6) is 0.765. The number of carbonyl (C=O) groups excluding carboxylic acids is 1. The van der Waals surface area contributed by atoms with Crippen LogP contribution >= 0.6 is 27.3 Å². The predicted octanol–water partition coefficient (Wildman–Crippen LogP) is 5.25. The van der Waals surface area contributed by atoms with E-state index in [1.165, 1.54) is 10.4 Å². The number of hydrogen-bond acceptors (Lipinski definition) is 3. The van der Waals surface area contributed by atoms with Crippen molar-refractivity contribution in [2.24, 2.45) is 0 Å². The number of hydrogen-bond donors (Lipinski definition) is 0. The fraction of sp³-hybridized carbons (Fsp3) is 0.167. The summed E-state index contributed by atoms with van der Waals surface area (Å²) in [7, 11) is 0. The Kier molecular flexibility index (Phi) is 4.98. The van der Waals surface area contributed by atoms with E-state index < -0.39 is 0 Å². The lowest BCUT2D eigenvalue weighted by Crippen LogP contribution is -2.30. The zero-order chi connectivity index (χ0) is 16.2. The molecule has 0 saturated carbocycles. The molecule has 3 nitrogen and oxygen atoms in total. The molecule has 0 atom stereocenters. The minimum Gasteiger partial charge on any atom is -0.467 e. The van der Waals surface area contributed by atoms with Crippen molar-refractivity contribution in [2.45, 2.75) is 20.0 Å². The second-order valence-electron chi connectivity index (χ2n) is 5.25. The van der Waals surface area contributed by atoms with Gasteiger partial charge in [-0.15, -0.1) is 11.3 Å². The molecule has 1 aromatic carbocycles. The first-order valence-electron chi connectivity index (χ1n) is 7.24. The molecule has 5 heteroatoms. The molecule has 0 fully saturated rings. The third kappa shape index (κ3) is 3.74. The monoisotopic (exact) mass is 389 g/mol. The van der Waals surface area contributed by atoms with Gasteiger partial charge in [0.25, 0.3) is 5.91 Å². The Morgan fingerprint density at radius 2 is 2.00 bits per heavy atom. The molecule has 118 valence electrons. The molecule has 0 N–H and O–H groups in total. The van der Waals surface area contributed by atoms with Gasteiger partial charge in [-0.2, -0.15) is 0 Å². The van der Waals surface area contributed by atoms with Crippen LogP contribution in [0.3, 0.4) is 0 Å². The van der Waals surface area contributed by atoms with Crippen molar-refractivity contribution in [3.63, 3.8) is 0 Å². The number of aryl methyl sites for hydroxylation is 1. The number of benzene rings is 1. The molecule has 3 rings (SSSR count). The Labute approximate surface area is 147 Å². The van der Waals surface area contributed by atoms with Gasteiger partial charge < -0.3 is 9.32 Å². The number of nitrogens with zero attached hydrogens (tertiary/aromatic N) is 1. The van der Waals surface area contributed by atoms with Gasteiger partial charge in [-0.25, -0.2) is 0 Å². The maximum atomic E-state index is 13.0. The largest absolute Gasteiger partial charge is 0.467 e. The van der Waals surface area contributed by atoms with Crippen LogP contribution < -0.4 is 0 Å². The zero-order valence-electron chi connectivity index (χ0n) is 12.7. The third-order valence-electron chi connectivity index (χ3n) is 3.62. The Hall–Kier alpha value is -1.85. The molecule has 0 spiro atoms. The lowest BCUT2D eigenvalue weighted by atomic mass is 10.2. The minimum atomic E-state index is -0.0123. The van der Waals surface area contributed by atoms with Crippen molar-refractivity contribution < 1.29 is 9.21 Å². The van der Waals surface area contributed by atoms with Crippen molar-refractivity contribution in [2.75, 3.05) is 0 Å². The van der Waals surface area contributed by atoms with Crippen LogP contribution in [-0.4, -0.2) is 10.8 Å². The molecule has 0 unspecified atom stereocenters. The molecule has 0 aliphatic carbocycles. The first kappa shape index (κ1) is 16.0. The molecule has 23 heavy (non-hydrogen) atoms. The van der Waals surface area contributed by atoms with Gasteiger partial charge in [0.2, 0.25) is 0 Å². The summed E-state index contributed by atoms with van der Waals surface area (Å²) in [5.41, 5.74) is 1.87. The highest BCUT2D eigenvalue weighted by Crippen LogP contribution is 2.23. The van der Waals surface area contributed by atoms with E-state index in [2.05, 4.69) is 34.3 Å². The van der Waals surface area contributed by atoms with E-state index in [1.807, 2.05) is 41.3 Å². The van der Waals surface area contributed by atoms with Gasteiger partial charge in [-0.1, -0.05) is 12.1 Å². The summed E-state index contributed by atoms with van der Waals surface area (Å²) >= 11 is 5.14. The van der Waals surface area contributed by atoms with E-state index in [4.69, 9.17) is 4.42 Å². The maximum Gasteiger partial charge on any atom is 0.255 e. The van der Waals surface area contributed by atoms with Crippen LogP contribution in [-0.2, 0) is 13.1 Å². The van der Waals surface area contributed by atoms with Crippen molar-refractivity contribution in [3.8, 4) is 0 Å². The van der Waals surface area contributed by atoms with Crippen LogP contribution in [0.15, 0.2) is 63.0 Å². The second-order valence-corrected chi connectivity index (χ2v) is 7.10. The van der Waals surface area contributed by atoms with Gasteiger partial charge >= 0.3 is 0 Å². The van der Waals surface area contributed by atoms with E-state index in [0.29, 0.717) is 18.7 Å². The minimum absolute atomic E-state index is 0.0123. The molecule has 0 radical (unpaired) electrons. The fourth-order valence-electron chi connectivity index (χ4n) is 2.33. The van der Waals surface area contributed by atoms with Crippen molar-refractivity contribution in [1.82, 2.24) is 4.90 Å². The molecule has 0 bridgehead atoms. The first-order valence-corrected chi connectivity index (χ1v) is 8.91. The Morgan fingerprint density at radius 3 is 2.65 bits per heavy atom. The number of thiophene rings is 1. The number of furan rings is 1. The van der Waals surface area contributed by atoms with Crippen molar-refractivity contribution in [3.05, 3.63) is 80.3 Å². The van der Waals surface area contributed by atoms with Gasteiger partial charge in [0.05, 0.1) is 24.9 Å². The summed E-state index contributed by atoms with van der Waals surface area (Å²) < 4.78 is 6.23. The number of rotatable bonds is 5. The topological polar surface area (TPSA) is 33.5 Å². The molecule has 3 aromatic rings. The summed E-state index contributed by atoms with van der Waals surface area (Å²) in [6.07, 6.45) is 1.63. The van der Waals surface area contributed by atoms with E-state index in [9.17, 15) is 4.79 Å². The van der Waals surface area contributed by atoms with E-state index in [-0.39, 0.29) is 5.91 Å². The third-order valence-corrected chi connectivity index (χ3v) is 5.32. The van der Waals surface area contributed by atoms with Crippen LogP contribution in [0.5, 0.6) is 0 Å². The molecule has 2 heterocycles. The first-order chi connectivity index (χ1) is 11.1. The molecular weight excluding hydrogens is 374 g/mol. The van der Waals surface area contributed by atoms with Crippen molar-refractivity contribution >= 4 is 33.2 Å². The quantitative estimate of drug-likeness (QED) is 0.596. The van der Waals surface area contributed by atoms with Gasteiger partial charge in [0.1, 0.15) is 5.76 Å². The zero-order valence-corrected chi connectivity index (χ0v) is 15.1. The molecule has 0 aliphatic heterocycles. The van der Waals surface area contributed by atoms with Gasteiger partial charge in [-0.3, -0.25) is 4.79 Å². The summed E-state index contributed by atoms with van der Waals surface area (Å²) in [6.45, 7) is 3.09. The summed E-state index contributed by atoms with van der Waals surface area (Å²) in [6, 6.07) is 13.3. The van der Waals surface area contributed by atoms with Crippen LogP contribution in [0.4, 0.5) is 0 Å². The highest BCUT2D eigenvalue weighted by atomic mass is 79.9. The standard InChI is InChI=1S/C18H16BrNO2S/c1-13-8-10-23-17(13)12-20(11-14-5-4-9-22-14)18(21)15-6-2-3-7-16(15)19/h2-10H,11-12H2,1H3. The molecule has 2 aromatic heterocycles. The lowest BCUT2D eigenvalue weighted by molar-refractivity contribution is 0.0718. The lowest BCUT2D eigenvalue weighted by Gasteiger charge is -2.22. The fourth-order valence-corrected chi connectivity index (χ4v) is 3.71. The Morgan fingerprint density at radius 1 is 1.17 bits per heavy atom. The number of carbonyl (C=O) groups is 1. The highest BCUT2D eigenvalue weighted by molar-refractivity contribution is 9.10. The van der Waals surface area contributed by atoms with Gasteiger partial charge in [-0.05, 0) is 64.1 Å².